The van der Waals surface area contributed by atoms with Gasteiger partial charge in [0.2, 0.25) is 0 Å². The van der Waals surface area contributed by atoms with Crippen molar-refractivity contribution in [2.75, 3.05) is 13.1 Å². The second-order valence-corrected chi connectivity index (χ2v) is 13.8. The fourth-order valence-electron chi connectivity index (χ4n) is 5.50. The Kier molecular flexibility index (Phi) is 9.11. The average Bonchev–Trinajstić information content (AvgIpc) is 3.66. The molecule has 1 aliphatic heterocycles. The number of imidazole rings is 1. The molecular weight excluding hydrogens is 638 g/mol. The largest absolute Gasteiger partial charge is 0.489 e. The van der Waals surface area contributed by atoms with Gasteiger partial charge >= 0.3 is 6.09 Å². The third-order valence-corrected chi connectivity index (χ3v) is 9.36. The van der Waals surface area contributed by atoms with Crippen LogP contribution >= 0.6 is 22.9 Å². The summed E-state index contributed by atoms with van der Waals surface area (Å²) in [5, 5.41) is 1.16. The zero-order chi connectivity index (χ0) is 33.3. The Morgan fingerprint density at radius 2 is 1.77 bits per heavy atom. The second-order valence-electron chi connectivity index (χ2n) is 12.4. The number of fused-ring (bicyclic) bond motifs is 1. The minimum Gasteiger partial charge on any atom is -0.489 e. The van der Waals surface area contributed by atoms with Crippen molar-refractivity contribution in [3.63, 3.8) is 0 Å². The van der Waals surface area contributed by atoms with Gasteiger partial charge in [0.15, 0.2) is 0 Å². The zero-order valence-corrected chi connectivity index (χ0v) is 28.2. The quantitative estimate of drug-likeness (QED) is 0.178. The van der Waals surface area contributed by atoms with E-state index in [1.807, 2.05) is 80.8 Å². The number of carbonyl (C=O) groups is 2. The molecule has 10 nitrogen and oxygen atoms in total. The number of hydrogen-bond acceptors (Lipinski definition) is 8. The van der Waals surface area contributed by atoms with Crippen molar-refractivity contribution >= 4 is 46.0 Å². The first kappa shape index (κ1) is 32.3. The zero-order valence-electron chi connectivity index (χ0n) is 26.6. The highest BCUT2D eigenvalue weighted by Crippen LogP contribution is 2.39. The van der Waals surface area contributed by atoms with E-state index in [0.717, 1.165) is 27.2 Å². The molecule has 2 aromatic carbocycles. The number of piperidine rings is 1. The molecular formula is C35H36ClN5O5S. The highest BCUT2D eigenvalue weighted by atomic mass is 35.5. The first-order valence-electron chi connectivity index (χ1n) is 15.4. The number of amides is 2. The van der Waals surface area contributed by atoms with E-state index in [9.17, 15) is 9.59 Å². The van der Waals surface area contributed by atoms with Crippen molar-refractivity contribution in [2.24, 2.45) is 5.73 Å². The minimum absolute atomic E-state index is 0.107. The van der Waals surface area contributed by atoms with Crippen molar-refractivity contribution in [2.45, 2.75) is 58.3 Å². The van der Waals surface area contributed by atoms with E-state index in [0.29, 0.717) is 52.9 Å². The fraction of sp³-hybridized carbons (Fsp3) is 0.314. The van der Waals surface area contributed by atoms with Gasteiger partial charge in [-0.1, -0.05) is 29.8 Å². The summed E-state index contributed by atoms with van der Waals surface area (Å²) in [6, 6.07) is 17.3. The number of pyridine rings is 1. The van der Waals surface area contributed by atoms with Gasteiger partial charge in [0.1, 0.15) is 45.5 Å². The molecule has 2 amide bonds. The Bertz CT molecular complexity index is 1910. The Labute approximate surface area is 282 Å². The summed E-state index contributed by atoms with van der Waals surface area (Å²) >= 11 is 8.09. The second kappa shape index (κ2) is 13.2. The smallest absolute Gasteiger partial charge is 0.410 e. The van der Waals surface area contributed by atoms with E-state index in [2.05, 4.69) is 9.97 Å². The van der Waals surface area contributed by atoms with E-state index in [-0.39, 0.29) is 12.2 Å². The van der Waals surface area contributed by atoms with E-state index < -0.39 is 17.6 Å². The highest BCUT2D eigenvalue weighted by Gasteiger charge is 2.29. The molecule has 0 bridgehead atoms. The number of likely N-dealkylation sites (tertiary alicyclic amines) is 1. The van der Waals surface area contributed by atoms with E-state index in [4.69, 9.17) is 31.5 Å². The van der Waals surface area contributed by atoms with Crippen LogP contribution in [0.1, 0.15) is 61.9 Å². The first-order chi connectivity index (χ1) is 22.5. The Morgan fingerprint density at radius 3 is 2.47 bits per heavy atom. The van der Waals surface area contributed by atoms with Gasteiger partial charge < -0.3 is 24.8 Å². The van der Waals surface area contributed by atoms with Gasteiger partial charge in [0.25, 0.3) is 5.91 Å². The molecule has 1 aliphatic rings. The Morgan fingerprint density at radius 1 is 1.02 bits per heavy atom. The third-order valence-electron chi connectivity index (χ3n) is 7.83. The number of halogens is 1. The maximum atomic E-state index is 12.5. The predicted octanol–water partition coefficient (Wildman–Crippen LogP) is 7.82. The number of carbonyl (C=O) groups excluding carboxylic acids is 2. The molecule has 0 aliphatic carbocycles. The summed E-state index contributed by atoms with van der Waals surface area (Å²) in [5.74, 6) is 0.304. The molecule has 2 N–H and O–H groups in total. The van der Waals surface area contributed by atoms with Gasteiger partial charge in [-0.3, -0.25) is 14.3 Å². The lowest BCUT2D eigenvalue weighted by Gasteiger charge is -2.33. The molecule has 1 atom stereocenters. The molecule has 4 heterocycles. The van der Waals surface area contributed by atoms with Crippen LogP contribution in [-0.2, 0) is 4.74 Å². The van der Waals surface area contributed by atoms with Crippen LogP contribution in [0, 0.1) is 0 Å². The number of rotatable bonds is 8. The van der Waals surface area contributed by atoms with Crippen LogP contribution in [0.4, 0.5) is 4.79 Å². The lowest BCUT2D eigenvalue weighted by Crippen LogP contribution is -2.44. The molecule has 1 fully saturated rings. The maximum absolute atomic E-state index is 12.5. The standard InChI is InChI=1S/C35H36ClN5O5S/c1-21(25-6-5-7-28(31(25)36)45-24-12-16-40(17-13-24)34(43)46-35(2,3)4)44-29-19-30(47-32(29)33(37)42)41-20-39-26-18-23(8-9-27(26)41)22-10-14-38-15-11-22/h5-11,14-15,18-21,24H,12-13,16-17H2,1-4H3,(H2,37,42). The minimum atomic E-state index is -0.589. The molecule has 12 heteroatoms. The van der Waals surface area contributed by atoms with Gasteiger partial charge in [0.05, 0.1) is 16.1 Å². The maximum Gasteiger partial charge on any atom is 0.410 e. The summed E-state index contributed by atoms with van der Waals surface area (Å²) in [7, 11) is 0. The van der Waals surface area contributed by atoms with Crippen LogP contribution in [0.15, 0.2) is 73.3 Å². The summed E-state index contributed by atoms with van der Waals surface area (Å²) in [6.07, 6.45) is 5.60. The van der Waals surface area contributed by atoms with Crippen molar-refractivity contribution < 1.29 is 23.8 Å². The molecule has 244 valence electrons. The molecule has 0 spiro atoms. The third kappa shape index (κ3) is 7.21. The van der Waals surface area contributed by atoms with Gasteiger partial charge in [-0.15, -0.1) is 11.3 Å². The van der Waals surface area contributed by atoms with Crippen molar-refractivity contribution in [3.05, 3.63) is 88.8 Å². The number of thiophene rings is 1. The summed E-state index contributed by atoms with van der Waals surface area (Å²) in [5.41, 5.74) is 9.72. The van der Waals surface area contributed by atoms with E-state index >= 15 is 0 Å². The molecule has 1 unspecified atom stereocenters. The molecule has 5 aromatic rings. The lowest BCUT2D eigenvalue weighted by atomic mass is 10.1. The van der Waals surface area contributed by atoms with E-state index in [1.54, 1.807) is 29.7 Å². The van der Waals surface area contributed by atoms with Crippen LogP contribution in [0.25, 0.3) is 27.2 Å². The summed E-state index contributed by atoms with van der Waals surface area (Å²) < 4.78 is 20.0. The van der Waals surface area contributed by atoms with Crippen LogP contribution in [0.5, 0.6) is 11.5 Å². The monoisotopic (exact) mass is 673 g/mol. The van der Waals surface area contributed by atoms with Gasteiger partial charge in [-0.25, -0.2) is 9.78 Å². The van der Waals surface area contributed by atoms with Crippen molar-refractivity contribution in [1.82, 2.24) is 19.4 Å². The van der Waals surface area contributed by atoms with Crippen LogP contribution < -0.4 is 15.2 Å². The molecule has 6 rings (SSSR count). The van der Waals surface area contributed by atoms with Gasteiger partial charge in [-0.05, 0) is 69.2 Å². The van der Waals surface area contributed by atoms with Crippen molar-refractivity contribution in [1.29, 1.82) is 0 Å². The number of aromatic nitrogens is 3. The van der Waals surface area contributed by atoms with Gasteiger partial charge in [-0.2, -0.15) is 0 Å². The molecule has 3 aromatic heterocycles. The molecule has 1 saturated heterocycles. The molecule has 0 saturated carbocycles. The van der Waals surface area contributed by atoms with Crippen LogP contribution in [0.2, 0.25) is 5.02 Å². The topological polar surface area (TPSA) is 122 Å². The Balaban J connectivity index is 1.17. The number of benzene rings is 2. The predicted molar refractivity (Wildman–Crippen MR) is 183 cm³/mol. The highest BCUT2D eigenvalue weighted by molar-refractivity contribution is 7.16. The molecule has 0 radical (unpaired) electrons. The Hall–Kier alpha value is -4.61. The van der Waals surface area contributed by atoms with Crippen molar-refractivity contribution in [3.8, 4) is 27.6 Å². The number of hydrogen-bond donors (Lipinski definition) is 1. The fourth-order valence-corrected chi connectivity index (χ4v) is 6.75. The normalized spacial score (nSPS) is 14.6. The molecule has 47 heavy (non-hydrogen) atoms. The lowest BCUT2D eigenvalue weighted by molar-refractivity contribution is 0.0126. The summed E-state index contributed by atoms with van der Waals surface area (Å²) in [4.78, 5) is 35.7. The average molecular weight is 674 g/mol. The number of nitrogens with two attached hydrogens (primary N) is 1. The number of ether oxygens (including phenoxy) is 3. The first-order valence-corrected chi connectivity index (χ1v) is 16.6. The van der Waals surface area contributed by atoms with Crippen LogP contribution in [-0.4, -0.2) is 56.2 Å². The van der Waals surface area contributed by atoms with E-state index in [1.165, 1.54) is 11.3 Å². The number of primary amides is 1. The van der Waals surface area contributed by atoms with Gasteiger partial charge in [0, 0.05) is 50.0 Å². The summed E-state index contributed by atoms with van der Waals surface area (Å²) in [6.45, 7) is 8.49. The number of nitrogens with zero attached hydrogens (tertiary/aromatic N) is 4. The van der Waals surface area contributed by atoms with Crippen LogP contribution in [0.3, 0.4) is 0 Å². The SMILES string of the molecule is CC(Oc1cc(-n2cnc3cc(-c4ccncc4)ccc32)sc1C(N)=O)c1cccc(OC2CCN(C(=O)OC(C)(C)C)CC2)c1Cl.